The van der Waals surface area contributed by atoms with E-state index in [0.717, 1.165) is 31.5 Å². The molecule has 1 aromatic heterocycles. The summed E-state index contributed by atoms with van der Waals surface area (Å²) >= 11 is 0. The monoisotopic (exact) mass is 408 g/mol. The number of nitrogen functional groups attached to an aromatic ring is 1. The normalized spacial score (nSPS) is 14.9. The maximum absolute atomic E-state index is 12.3. The Morgan fingerprint density at radius 1 is 1.37 bits per heavy atom. The first kappa shape index (κ1) is 21.6. The van der Waals surface area contributed by atoms with Crippen molar-refractivity contribution in [2.75, 3.05) is 25.4 Å². The van der Waals surface area contributed by atoms with Gasteiger partial charge in [0.15, 0.2) is 5.78 Å². The molecule has 3 rings (SSSR count). The number of nitriles is 1. The molecule has 1 aromatic carbocycles. The zero-order chi connectivity index (χ0) is 21.9. The first-order valence-electron chi connectivity index (χ1n) is 10.1. The third kappa shape index (κ3) is 4.55. The van der Waals surface area contributed by atoms with Crippen LogP contribution in [-0.2, 0) is 4.79 Å². The van der Waals surface area contributed by atoms with Gasteiger partial charge in [-0.05, 0) is 55.6 Å². The van der Waals surface area contributed by atoms with Gasteiger partial charge in [0.2, 0.25) is 0 Å². The van der Waals surface area contributed by atoms with Crippen LogP contribution >= 0.6 is 0 Å². The number of ether oxygens (including phenoxy) is 1. The van der Waals surface area contributed by atoms with E-state index < -0.39 is 5.41 Å². The summed E-state index contributed by atoms with van der Waals surface area (Å²) in [7, 11) is 0. The van der Waals surface area contributed by atoms with E-state index in [1.54, 1.807) is 12.1 Å². The molecule has 0 amide bonds. The number of pyridine rings is 1. The number of aromatic hydroxyl groups is 1. The number of Topliss-reactive ketones (excluding diaryl/α,β-unsaturated/α-hetero) is 1. The first-order chi connectivity index (χ1) is 14.2. The molecular weight excluding hydrogens is 380 g/mol. The number of piperidine rings is 1. The molecule has 0 unspecified atom stereocenters. The highest BCUT2D eigenvalue weighted by molar-refractivity contribution is 5.85. The van der Waals surface area contributed by atoms with E-state index in [-0.39, 0.29) is 29.9 Å². The quantitative estimate of drug-likeness (QED) is 0.693. The van der Waals surface area contributed by atoms with Crippen LogP contribution in [0.1, 0.15) is 50.7 Å². The highest BCUT2D eigenvalue weighted by Gasteiger charge is 2.25. The largest absolute Gasteiger partial charge is 0.507 e. The highest BCUT2D eigenvalue weighted by atomic mass is 16.5. The van der Waals surface area contributed by atoms with E-state index in [9.17, 15) is 15.2 Å². The summed E-state index contributed by atoms with van der Waals surface area (Å²) in [6.45, 7) is 7.11. The molecule has 0 aliphatic carbocycles. The molecule has 4 N–H and O–H groups in total. The Morgan fingerprint density at radius 3 is 2.70 bits per heavy atom. The molecule has 30 heavy (non-hydrogen) atoms. The standard InChI is InChI=1S/C23H28N4O3/c1-23(2,3)20(29)13-30-19-6-4-5-18(28)21(19)17-11-15(14-7-9-26-10-8-14)16(12-24)22(25)27-17/h4-6,11,14,26,28H,7-10,13H2,1-3H3,(H2,25,27). The van der Waals surface area contributed by atoms with Gasteiger partial charge in [-0.2, -0.15) is 5.26 Å². The first-order valence-corrected chi connectivity index (χ1v) is 10.1. The number of benzene rings is 1. The van der Waals surface area contributed by atoms with Crippen molar-refractivity contribution in [3.05, 3.63) is 35.4 Å². The maximum atomic E-state index is 12.3. The zero-order valence-electron chi connectivity index (χ0n) is 17.7. The fourth-order valence-corrected chi connectivity index (χ4v) is 3.55. The number of nitrogens with zero attached hydrogens (tertiary/aromatic N) is 2. The Hall–Kier alpha value is -3.11. The number of phenolic OH excluding ortho intramolecular Hbond substituents is 1. The lowest BCUT2D eigenvalue weighted by atomic mass is 9.86. The second-order valence-corrected chi connectivity index (χ2v) is 8.61. The molecule has 0 saturated carbocycles. The van der Waals surface area contributed by atoms with Crippen LogP contribution in [0.5, 0.6) is 11.5 Å². The van der Waals surface area contributed by atoms with Gasteiger partial charge in [-0.25, -0.2) is 4.98 Å². The van der Waals surface area contributed by atoms with Gasteiger partial charge >= 0.3 is 0 Å². The Bertz CT molecular complexity index is 983. The van der Waals surface area contributed by atoms with Crippen molar-refractivity contribution in [2.45, 2.75) is 39.5 Å². The topological polar surface area (TPSA) is 121 Å². The predicted octanol–water partition coefficient (Wildman–Crippen LogP) is 3.37. The van der Waals surface area contributed by atoms with Gasteiger partial charge in [-0.15, -0.1) is 0 Å². The molecule has 2 heterocycles. The van der Waals surface area contributed by atoms with Crippen molar-refractivity contribution >= 4 is 11.6 Å². The van der Waals surface area contributed by atoms with Crippen molar-refractivity contribution in [1.82, 2.24) is 10.3 Å². The summed E-state index contributed by atoms with van der Waals surface area (Å²) < 4.78 is 5.78. The maximum Gasteiger partial charge on any atom is 0.175 e. The van der Waals surface area contributed by atoms with Crippen LogP contribution in [0.4, 0.5) is 5.82 Å². The summed E-state index contributed by atoms with van der Waals surface area (Å²) in [5.74, 6) is 0.578. The Labute approximate surface area is 176 Å². The molecule has 7 nitrogen and oxygen atoms in total. The van der Waals surface area contributed by atoms with Gasteiger partial charge in [-0.3, -0.25) is 4.79 Å². The van der Waals surface area contributed by atoms with Gasteiger partial charge < -0.3 is 20.9 Å². The number of hydrogen-bond donors (Lipinski definition) is 3. The summed E-state index contributed by atoms with van der Waals surface area (Å²) in [6, 6.07) is 8.87. The second-order valence-electron chi connectivity index (χ2n) is 8.61. The number of nitrogens with one attached hydrogen (secondary N) is 1. The molecule has 0 radical (unpaired) electrons. The molecule has 7 heteroatoms. The van der Waals surface area contributed by atoms with Crippen molar-refractivity contribution in [2.24, 2.45) is 5.41 Å². The van der Waals surface area contributed by atoms with Crippen molar-refractivity contribution < 1.29 is 14.6 Å². The molecule has 0 spiro atoms. The molecule has 0 atom stereocenters. The van der Waals surface area contributed by atoms with Crippen molar-refractivity contribution in [3.8, 4) is 28.8 Å². The number of phenols is 1. The van der Waals surface area contributed by atoms with Gasteiger partial charge in [0.1, 0.15) is 30.0 Å². The molecule has 158 valence electrons. The van der Waals surface area contributed by atoms with Crippen LogP contribution in [0, 0.1) is 16.7 Å². The van der Waals surface area contributed by atoms with E-state index in [0.29, 0.717) is 22.6 Å². The lowest BCUT2D eigenvalue weighted by Gasteiger charge is -2.25. The van der Waals surface area contributed by atoms with E-state index >= 15 is 0 Å². The fraction of sp³-hybridized carbons (Fsp3) is 0.435. The minimum Gasteiger partial charge on any atom is -0.507 e. The molecule has 1 saturated heterocycles. The van der Waals surface area contributed by atoms with E-state index in [2.05, 4.69) is 16.4 Å². The molecule has 0 bridgehead atoms. The Morgan fingerprint density at radius 2 is 2.07 bits per heavy atom. The van der Waals surface area contributed by atoms with Crippen LogP contribution in [-0.4, -0.2) is 35.6 Å². The molecule has 1 aliphatic rings. The van der Waals surface area contributed by atoms with Crippen molar-refractivity contribution in [3.63, 3.8) is 0 Å². The highest BCUT2D eigenvalue weighted by Crippen LogP contribution is 2.40. The number of aromatic nitrogens is 1. The average molecular weight is 409 g/mol. The smallest absolute Gasteiger partial charge is 0.175 e. The van der Waals surface area contributed by atoms with E-state index in [4.69, 9.17) is 10.5 Å². The lowest BCUT2D eigenvalue weighted by molar-refractivity contribution is -0.128. The zero-order valence-corrected chi connectivity index (χ0v) is 17.7. The third-order valence-electron chi connectivity index (χ3n) is 5.42. The van der Waals surface area contributed by atoms with Crippen LogP contribution in [0.25, 0.3) is 11.3 Å². The number of ketones is 1. The van der Waals surface area contributed by atoms with Gasteiger partial charge in [0.05, 0.1) is 16.8 Å². The van der Waals surface area contributed by atoms with Gasteiger partial charge in [0, 0.05) is 5.41 Å². The molecule has 2 aromatic rings. The summed E-state index contributed by atoms with van der Waals surface area (Å²) in [6.07, 6.45) is 1.78. The minimum atomic E-state index is -0.531. The number of carbonyl (C=O) groups excluding carboxylic acids is 1. The molecule has 1 fully saturated rings. The summed E-state index contributed by atoms with van der Waals surface area (Å²) in [4.78, 5) is 16.7. The second kappa shape index (κ2) is 8.72. The Kier molecular flexibility index (Phi) is 6.28. The number of hydrogen-bond acceptors (Lipinski definition) is 7. The number of rotatable bonds is 5. The van der Waals surface area contributed by atoms with Crippen molar-refractivity contribution in [1.29, 1.82) is 5.26 Å². The van der Waals surface area contributed by atoms with E-state index in [1.165, 1.54) is 6.07 Å². The average Bonchev–Trinajstić information content (AvgIpc) is 2.71. The summed E-state index contributed by atoms with van der Waals surface area (Å²) in [5.41, 5.74) is 7.61. The van der Waals surface area contributed by atoms with Crippen LogP contribution in [0.2, 0.25) is 0 Å². The minimum absolute atomic E-state index is 0.0245. The van der Waals surface area contributed by atoms with Gasteiger partial charge in [-0.1, -0.05) is 26.8 Å². The van der Waals surface area contributed by atoms with Crippen LogP contribution in [0.3, 0.4) is 0 Å². The fourth-order valence-electron chi connectivity index (χ4n) is 3.55. The number of carbonyl (C=O) groups is 1. The number of nitrogens with two attached hydrogens (primary N) is 1. The lowest BCUT2D eigenvalue weighted by Crippen LogP contribution is -2.27. The predicted molar refractivity (Wildman–Crippen MR) is 115 cm³/mol. The summed E-state index contributed by atoms with van der Waals surface area (Å²) in [5, 5.41) is 23.5. The SMILES string of the molecule is CC(C)(C)C(=O)COc1cccc(O)c1-c1cc(C2CCNCC2)c(C#N)c(N)n1. The Balaban J connectivity index is 2.04. The van der Waals surface area contributed by atoms with Crippen LogP contribution < -0.4 is 15.8 Å². The van der Waals surface area contributed by atoms with Crippen LogP contribution in [0.15, 0.2) is 24.3 Å². The molecule has 1 aliphatic heterocycles. The third-order valence-corrected chi connectivity index (χ3v) is 5.42. The molecular formula is C23H28N4O3. The van der Waals surface area contributed by atoms with Gasteiger partial charge in [0.25, 0.3) is 0 Å². The van der Waals surface area contributed by atoms with E-state index in [1.807, 2.05) is 26.8 Å². The number of anilines is 1.